The summed E-state index contributed by atoms with van der Waals surface area (Å²) >= 11 is 6.35. The molecule has 1 aromatic heterocycles. The number of aliphatic hydroxyl groups is 1. The third kappa shape index (κ3) is 2.96. The Bertz CT molecular complexity index is 624. The lowest BCUT2D eigenvalue weighted by Crippen LogP contribution is -2.39. The molecule has 0 spiro atoms. The highest BCUT2D eigenvalue weighted by molar-refractivity contribution is 7.91. The molecule has 1 N–H and O–H groups in total. The molecule has 1 aromatic rings. The van der Waals surface area contributed by atoms with Gasteiger partial charge >= 0.3 is 0 Å². The summed E-state index contributed by atoms with van der Waals surface area (Å²) in [5.74, 6) is 0.121. The number of rotatable bonds is 5. The summed E-state index contributed by atoms with van der Waals surface area (Å²) < 4.78 is 25.4. The van der Waals surface area contributed by atoms with E-state index in [1.165, 1.54) is 7.05 Å². The monoisotopic (exact) mass is 340 g/mol. The average molecular weight is 341 g/mol. The van der Waals surface area contributed by atoms with Gasteiger partial charge in [0.25, 0.3) is 15.7 Å². The van der Waals surface area contributed by atoms with Crippen molar-refractivity contribution in [1.82, 2.24) is 4.31 Å². The molecule has 1 fully saturated rings. The second-order valence-corrected chi connectivity index (χ2v) is 8.68. The Kier molecular flexibility index (Phi) is 4.35. The molecule has 1 aliphatic rings. The lowest BCUT2D eigenvalue weighted by molar-refractivity contribution is -0.384. The van der Waals surface area contributed by atoms with Crippen LogP contribution in [0.25, 0.3) is 0 Å². The number of nitro groups is 1. The highest BCUT2D eigenvalue weighted by Crippen LogP contribution is 2.38. The van der Waals surface area contributed by atoms with Crippen LogP contribution in [0.3, 0.4) is 0 Å². The maximum Gasteiger partial charge on any atom is 0.300 e. The van der Waals surface area contributed by atoms with Gasteiger partial charge in [0.2, 0.25) is 0 Å². The Balaban J connectivity index is 2.17. The first kappa shape index (κ1) is 15.6. The molecular weight excluding hydrogens is 328 g/mol. The van der Waals surface area contributed by atoms with E-state index in [1.54, 1.807) is 0 Å². The third-order valence-corrected chi connectivity index (χ3v) is 6.84. The standard InChI is InChI=1S/C10H13ClN2O5S2/c1-12(5-6-2-7(14)3-6)20(17,18)9-4-8(13(15)16)10(11)19-9/h4,6-7,14H,2-3,5H2,1H3. The van der Waals surface area contributed by atoms with Gasteiger partial charge in [-0.3, -0.25) is 10.1 Å². The molecule has 1 aliphatic carbocycles. The average Bonchev–Trinajstić information content (AvgIpc) is 2.69. The van der Waals surface area contributed by atoms with E-state index in [9.17, 15) is 23.6 Å². The van der Waals surface area contributed by atoms with Gasteiger partial charge < -0.3 is 5.11 Å². The van der Waals surface area contributed by atoms with E-state index in [0.29, 0.717) is 24.2 Å². The van der Waals surface area contributed by atoms with Crippen LogP contribution in [0.15, 0.2) is 10.3 Å². The molecule has 20 heavy (non-hydrogen) atoms. The van der Waals surface area contributed by atoms with E-state index < -0.39 is 20.6 Å². The van der Waals surface area contributed by atoms with Crippen LogP contribution in [-0.2, 0) is 10.0 Å². The minimum atomic E-state index is -3.78. The normalized spacial score (nSPS) is 22.8. The quantitative estimate of drug-likeness (QED) is 0.649. The predicted molar refractivity (Wildman–Crippen MR) is 74.5 cm³/mol. The third-order valence-electron chi connectivity index (χ3n) is 3.23. The summed E-state index contributed by atoms with van der Waals surface area (Å²) in [6, 6.07) is 0.981. The fourth-order valence-corrected chi connectivity index (χ4v) is 5.18. The van der Waals surface area contributed by atoms with Crippen molar-refractivity contribution in [2.45, 2.75) is 23.2 Å². The first-order valence-electron chi connectivity index (χ1n) is 5.80. The van der Waals surface area contributed by atoms with Crippen molar-refractivity contribution < 1.29 is 18.4 Å². The Morgan fingerprint density at radius 2 is 2.20 bits per heavy atom. The molecule has 0 aliphatic heterocycles. The Hall–Kier alpha value is -0.740. The van der Waals surface area contributed by atoms with Gasteiger partial charge in [-0.2, -0.15) is 4.31 Å². The highest BCUT2D eigenvalue weighted by Gasteiger charge is 2.33. The summed E-state index contributed by atoms with van der Waals surface area (Å²) in [6.45, 7) is 0.280. The zero-order valence-electron chi connectivity index (χ0n) is 10.5. The van der Waals surface area contributed by atoms with Crippen LogP contribution in [0.2, 0.25) is 4.34 Å². The van der Waals surface area contributed by atoms with Crippen molar-refractivity contribution in [3.05, 3.63) is 20.5 Å². The van der Waals surface area contributed by atoms with E-state index in [4.69, 9.17) is 11.6 Å². The van der Waals surface area contributed by atoms with Crippen LogP contribution in [0.4, 0.5) is 5.69 Å². The zero-order chi connectivity index (χ0) is 15.1. The van der Waals surface area contributed by atoms with Crippen molar-refractivity contribution in [3.63, 3.8) is 0 Å². The second-order valence-electron chi connectivity index (χ2n) is 4.76. The number of thiophene rings is 1. The molecule has 1 heterocycles. The topological polar surface area (TPSA) is 101 Å². The smallest absolute Gasteiger partial charge is 0.300 e. The lowest BCUT2D eigenvalue weighted by atomic mass is 9.82. The van der Waals surface area contributed by atoms with Crippen LogP contribution in [0.5, 0.6) is 0 Å². The molecule has 1 saturated carbocycles. The molecule has 0 unspecified atom stereocenters. The van der Waals surface area contributed by atoms with Gasteiger partial charge in [0, 0.05) is 19.7 Å². The van der Waals surface area contributed by atoms with Crippen LogP contribution in [0.1, 0.15) is 12.8 Å². The number of nitrogens with zero attached hydrogens (tertiary/aromatic N) is 2. The van der Waals surface area contributed by atoms with Crippen molar-refractivity contribution in [3.8, 4) is 0 Å². The van der Waals surface area contributed by atoms with E-state index in [1.807, 2.05) is 0 Å². The zero-order valence-corrected chi connectivity index (χ0v) is 12.9. The molecule has 0 bridgehead atoms. The van der Waals surface area contributed by atoms with E-state index in [2.05, 4.69) is 0 Å². The molecule has 10 heteroatoms. The summed E-state index contributed by atoms with van der Waals surface area (Å²) in [6.07, 6.45) is 0.796. The number of aliphatic hydroxyl groups excluding tert-OH is 1. The lowest BCUT2D eigenvalue weighted by Gasteiger charge is -2.33. The molecule has 0 amide bonds. The van der Waals surface area contributed by atoms with Crippen LogP contribution in [-0.4, -0.2) is 42.4 Å². The molecule has 0 atom stereocenters. The van der Waals surface area contributed by atoms with E-state index in [-0.39, 0.29) is 27.1 Å². The van der Waals surface area contributed by atoms with Gasteiger partial charge in [-0.15, -0.1) is 11.3 Å². The molecule has 0 aromatic carbocycles. The maximum absolute atomic E-state index is 12.3. The summed E-state index contributed by atoms with van der Waals surface area (Å²) in [5, 5.41) is 19.9. The van der Waals surface area contributed by atoms with Gasteiger partial charge in [-0.25, -0.2) is 8.42 Å². The predicted octanol–water partition coefficient (Wildman–Crippen LogP) is 1.70. The Morgan fingerprint density at radius 1 is 1.60 bits per heavy atom. The fraction of sp³-hybridized carbons (Fsp3) is 0.600. The van der Waals surface area contributed by atoms with Crippen molar-refractivity contribution >= 4 is 38.6 Å². The molecular formula is C10H13ClN2O5S2. The number of hydrogen-bond acceptors (Lipinski definition) is 6. The summed E-state index contributed by atoms with van der Waals surface area (Å²) in [5.41, 5.74) is -0.400. The van der Waals surface area contributed by atoms with E-state index >= 15 is 0 Å². The van der Waals surface area contributed by atoms with Crippen LogP contribution in [0, 0.1) is 16.0 Å². The first-order valence-corrected chi connectivity index (χ1v) is 8.43. The Morgan fingerprint density at radius 3 is 2.65 bits per heavy atom. The summed E-state index contributed by atoms with van der Waals surface area (Å²) in [7, 11) is -2.37. The maximum atomic E-state index is 12.3. The second kappa shape index (κ2) is 5.57. The minimum Gasteiger partial charge on any atom is -0.393 e. The van der Waals surface area contributed by atoms with Gasteiger partial charge in [-0.1, -0.05) is 11.6 Å². The molecule has 0 saturated heterocycles. The highest BCUT2D eigenvalue weighted by atomic mass is 35.5. The molecule has 112 valence electrons. The Labute approximate surface area is 125 Å². The van der Waals surface area contributed by atoms with Crippen molar-refractivity contribution in [1.29, 1.82) is 0 Å². The van der Waals surface area contributed by atoms with Crippen LogP contribution < -0.4 is 0 Å². The van der Waals surface area contributed by atoms with Crippen molar-refractivity contribution in [2.24, 2.45) is 5.92 Å². The molecule has 2 rings (SSSR count). The fourth-order valence-electron chi connectivity index (χ4n) is 2.05. The van der Waals surface area contributed by atoms with Gasteiger partial charge in [-0.05, 0) is 18.8 Å². The summed E-state index contributed by atoms with van der Waals surface area (Å²) in [4.78, 5) is 9.98. The van der Waals surface area contributed by atoms with Gasteiger partial charge in [0.15, 0.2) is 4.34 Å². The molecule has 0 radical (unpaired) electrons. The van der Waals surface area contributed by atoms with Gasteiger partial charge in [0.05, 0.1) is 11.0 Å². The number of hydrogen-bond donors (Lipinski definition) is 1. The first-order chi connectivity index (χ1) is 9.21. The molecule has 7 nitrogen and oxygen atoms in total. The number of halogens is 1. The van der Waals surface area contributed by atoms with E-state index in [0.717, 1.165) is 10.4 Å². The SMILES string of the molecule is CN(CC1CC(O)C1)S(=O)(=O)c1cc([N+](=O)[O-])c(Cl)s1. The van der Waals surface area contributed by atoms with Crippen molar-refractivity contribution in [2.75, 3.05) is 13.6 Å². The minimum absolute atomic E-state index is 0.121. The largest absolute Gasteiger partial charge is 0.393 e. The van der Waals surface area contributed by atoms with Crippen LogP contribution >= 0.6 is 22.9 Å². The van der Waals surface area contributed by atoms with Gasteiger partial charge in [0.1, 0.15) is 4.21 Å². The number of sulfonamides is 1.